The minimum atomic E-state index is -0.0796. The fourth-order valence-electron chi connectivity index (χ4n) is 4.27. The van der Waals surface area contributed by atoms with Gasteiger partial charge in [-0.05, 0) is 24.5 Å². The third kappa shape index (κ3) is 3.61. The van der Waals surface area contributed by atoms with Crippen molar-refractivity contribution >= 4 is 16.8 Å². The molecule has 5 rings (SSSR count). The number of hydrogen-bond donors (Lipinski definition) is 1. The molecular formula is C24H25N5O. The Morgan fingerprint density at radius 3 is 2.70 bits per heavy atom. The minimum absolute atomic E-state index is 0.0796. The van der Waals surface area contributed by atoms with Gasteiger partial charge in [-0.15, -0.1) is 10.2 Å². The SMILES string of the molecule is O=C(NCc1nnc2n1CCCCC2)c1cn(Cc2ccccc2)c2ccccc12. The zero-order valence-corrected chi connectivity index (χ0v) is 16.9. The van der Waals surface area contributed by atoms with Crippen LogP contribution in [0.25, 0.3) is 10.9 Å². The lowest BCUT2D eigenvalue weighted by molar-refractivity contribution is 0.0951. The summed E-state index contributed by atoms with van der Waals surface area (Å²) in [5.74, 6) is 1.80. The molecule has 1 amide bonds. The Labute approximate surface area is 175 Å². The summed E-state index contributed by atoms with van der Waals surface area (Å²) in [4.78, 5) is 13.1. The highest BCUT2D eigenvalue weighted by molar-refractivity contribution is 6.07. The van der Waals surface area contributed by atoms with Crippen molar-refractivity contribution in [3.8, 4) is 0 Å². The van der Waals surface area contributed by atoms with Crippen LogP contribution in [-0.4, -0.2) is 25.2 Å². The lowest BCUT2D eigenvalue weighted by Crippen LogP contribution is -2.25. The first kappa shape index (κ1) is 18.6. The van der Waals surface area contributed by atoms with Gasteiger partial charge in [-0.2, -0.15) is 0 Å². The Hall–Kier alpha value is -3.41. The number of para-hydroxylation sites is 1. The van der Waals surface area contributed by atoms with Crippen LogP contribution in [0, 0.1) is 0 Å². The molecule has 4 aromatic rings. The number of nitrogens with zero attached hydrogens (tertiary/aromatic N) is 4. The highest BCUT2D eigenvalue weighted by Crippen LogP contribution is 2.23. The van der Waals surface area contributed by atoms with E-state index < -0.39 is 0 Å². The molecule has 0 aliphatic carbocycles. The fraction of sp³-hybridized carbons (Fsp3) is 0.292. The predicted molar refractivity (Wildman–Crippen MR) is 116 cm³/mol. The maximum atomic E-state index is 13.1. The molecular weight excluding hydrogens is 374 g/mol. The second kappa shape index (κ2) is 8.14. The number of fused-ring (bicyclic) bond motifs is 2. The Bertz CT molecular complexity index is 1180. The summed E-state index contributed by atoms with van der Waals surface area (Å²) < 4.78 is 4.31. The molecule has 0 radical (unpaired) electrons. The molecule has 1 aliphatic rings. The number of aromatic nitrogens is 4. The lowest BCUT2D eigenvalue weighted by Gasteiger charge is -2.08. The van der Waals surface area contributed by atoms with E-state index in [1.54, 1.807) is 0 Å². The summed E-state index contributed by atoms with van der Waals surface area (Å²) in [5, 5.41) is 12.7. The molecule has 1 aliphatic heterocycles. The van der Waals surface area contributed by atoms with Crippen molar-refractivity contribution in [1.82, 2.24) is 24.6 Å². The van der Waals surface area contributed by atoms with Gasteiger partial charge < -0.3 is 14.5 Å². The van der Waals surface area contributed by atoms with Crippen LogP contribution in [0.4, 0.5) is 0 Å². The number of carbonyl (C=O) groups excluding carboxylic acids is 1. The second-order valence-electron chi connectivity index (χ2n) is 7.85. The normalized spacial score (nSPS) is 13.7. The summed E-state index contributed by atoms with van der Waals surface area (Å²) in [6.45, 7) is 2.06. The van der Waals surface area contributed by atoms with Crippen LogP contribution in [-0.2, 0) is 26.1 Å². The lowest BCUT2D eigenvalue weighted by atomic mass is 10.1. The van der Waals surface area contributed by atoms with E-state index in [1.807, 2.05) is 42.6 Å². The highest BCUT2D eigenvalue weighted by atomic mass is 16.1. The van der Waals surface area contributed by atoms with E-state index in [0.29, 0.717) is 12.1 Å². The Kier molecular flexibility index (Phi) is 5.05. The Morgan fingerprint density at radius 1 is 0.967 bits per heavy atom. The largest absolute Gasteiger partial charge is 0.345 e. The number of benzene rings is 2. The van der Waals surface area contributed by atoms with Crippen LogP contribution in [0.3, 0.4) is 0 Å². The van der Waals surface area contributed by atoms with E-state index in [-0.39, 0.29) is 5.91 Å². The van der Waals surface area contributed by atoms with Crippen molar-refractivity contribution < 1.29 is 4.79 Å². The zero-order valence-electron chi connectivity index (χ0n) is 16.9. The molecule has 0 spiro atoms. The molecule has 2 aromatic carbocycles. The average molecular weight is 399 g/mol. The highest BCUT2D eigenvalue weighted by Gasteiger charge is 2.18. The quantitative estimate of drug-likeness (QED) is 0.553. The van der Waals surface area contributed by atoms with Crippen molar-refractivity contribution in [1.29, 1.82) is 0 Å². The number of hydrogen-bond acceptors (Lipinski definition) is 3. The smallest absolute Gasteiger partial charge is 0.253 e. The van der Waals surface area contributed by atoms with Crippen LogP contribution < -0.4 is 5.32 Å². The van der Waals surface area contributed by atoms with Crippen LogP contribution >= 0.6 is 0 Å². The van der Waals surface area contributed by atoms with Gasteiger partial charge in [0.2, 0.25) is 0 Å². The van der Waals surface area contributed by atoms with Crippen LogP contribution in [0.1, 0.15) is 46.8 Å². The Morgan fingerprint density at radius 2 is 1.80 bits per heavy atom. The number of nitrogens with one attached hydrogen (secondary N) is 1. The Balaban J connectivity index is 1.38. The molecule has 6 nitrogen and oxygen atoms in total. The predicted octanol–water partition coefficient (Wildman–Crippen LogP) is 3.94. The second-order valence-corrected chi connectivity index (χ2v) is 7.85. The maximum absolute atomic E-state index is 13.1. The molecule has 0 saturated carbocycles. The van der Waals surface area contributed by atoms with E-state index in [2.05, 4.69) is 42.8 Å². The van der Waals surface area contributed by atoms with Crippen molar-refractivity contribution in [3.05, 3.63) is 83.6 Å². The van der Waals surface area contributed by atoms with Crippen molar-refractivity contribution in [2.45, 2.75) is 45.3 Å². The molecule has 0 atom stereocenters. The number of amides is 1. The van der Waals surface area contributed by atoms with E-state index >= 15 is 0 Å². The van der Waals surface area contributed by atoms with Crippen molar-refractivity contribution in [3.63, 3.8) is 0 Å². The number of rotatable bonds is 5. The molecule has 30 heavy (non-hydrogen) atoms. The van der Waals surface area contributed by atoms with E-state index in [4.69, 9.17) is 0 Å². The van der Waals surface area contributed by atoms with Gasteiger partial charge in [0, 0.05) is 36.6 Å². The van der Waals surface area contributed by atoms with Gasteiger partial charge in [0.05, 0.1) is 12.1 Å². The van der Waals surface area contributed by atoms with Gasteiger partial charge in [-0.3, -0.25) is 4.79 Å². The minimum Gasteiger partial charge on any atom is -0.345 e. The first-order chi connectivity index (χ1) is 14.8. The van der Waals surface area contributed by atoms with E-state index in [0.717, 1.165) is 54.9 Å². The number of aryl methyl sites for hydroxylation is 1. The van der Waals surface area contributed by atoms with Crippen LogP contribution in [0.2, 0.25) is 0 Å². The summed E-state index contributed by atoms with van der Waals surface area (Å²) >= 11 is 0. The molecule has 0 unspecified atom stereocenters. The third-order valence-electron chi connectivity index (χ3n) is 5.82. The molecule has 0 fully saturated rings. The van der Waals surface area contributed by atoms with Crippen LogP contribution in [0.15, 0.2) is 60.8 Å². The molecule has 2 aromatic heterocycles. The molecule has 0 saturated heterocycles. The molecule has 152 valence electrons. The monoisotopic (exact) mass is 399 g/mol. The van der Waals surface area contributed by atoms with Crippen molar-refractivity contribution in [2.24, 2.45) is 0 Å². The van der Waals surface area contributed by atoms with Gasteiger partial charge in [0.15, 0.2) is 5.82 Å². The molecule has 1 N–H and O–H groups in total. The van der Waals surface area contributed by atoms with E-state index in [9.17, 15) is 4.79 Å². The molecule has 3 heterocycles. The first-order valence-electron chi connectivity index (χ1n) is 10.6. The average Bonchev–Trinajstić information content (AvgIpc) is 3.25. The van der Waals surface area contributed by atoms with Gasteiger partial charge in [-0.1, -0.05) is 55.0 Å². The van der Waals surface area contributed by atoms with Gasteiger partial charge in [-0.25, -0.2) is 0 Å². The summed E-state index contributed by atoms with van der Waals surface area (Å²) in [7, 11) is 0. The summed E-state index contributed by atoms with van der Waals surface area (Å²) in [5.41, 5.74) is 2.95. The van der Waals surface area contributed by atoms with Gasteiger partial charge in [0.1, 0.15) is 5.82 Å². The summed E-state index contributed by atoms with van der Waals surface area (Å²) in [6.07, 6.45) is 6.44. The molecule has 0 bridgehead atoms. The standard InChI is InChI=1S/C24H25N5O/c30-24(25-15-23-27-26-22-13-5-2-8-14-29(22)23)20-17-28(16-18-9-3-1-4-10-18)21-12-7-6-11-19(20)21/h1,3-4,6-7,9-12,17H,2,5,8,13-16H2,(H,25,30). The van der Waals surface area contributed by atoms with Gasteiger partial charge >= 0.3 is 0 Å². The van der Waals surface area contributed by atoms with Gasteiger partial charge in [0.25, 0.3) is 5.91 Å². The maximum Gasteiger partial charge on any atom is 0.253 e. The molecule has 6 heteroatoms. The van der Waals surface area contributed by atoms with E-state index in [1.165, 1.54) is 12.0 Å². The summed E-state index contributed by atoms with van der Waals surface area (Å²) in [6, 6.07) is 18.4. The first-order valence-corrected chi connectivity index (χ1v) is 10.6. The zero-order chi connectivity index (χ0) is 20.3. The number of carbonyl (C=O) groups is 1. The fourth-order valence-corrected chi connectivity index (χ4v) is 4.27. The topological polar surface area (TPSA) is 64.7 Å². The third-order valence-corrected chi connectivity index (χ3v) is 5.82. The van der Waals surface area contributed by atoms with Crippen molar-refractivity contribution in [2.75, 3.05) is 0 Å². The van der Waals surface area contributed by atoms with Crippen LogP contribution in [0.5, 0.6) is 0 Å².